The molecule has 0 bridgehead atoms. The fourth-order valence-electron chi connectivity index (χ4n) is 3.18. The van der Waals surface area contributed by atoms with Crippen LogP contribution in [0, 0.1) is 0 Å². The number of carbonyl (C=O) groups is 1. The van der Waals surface area contributed by atoms with Gasteiger partial charge in [0.15, 0.2) is 11.5 Å². The van der Waals surface area contributed by atoms with Gasteiger partial charge in [-0.25, -0.2) is 4.79 Å². The van der Waals surface area contributed by atoms with Gasteiger partial charge in [0.1, 0.15) is 11.9 Å². The third kappa shape index (κ3) is 5.80. The van der Waals surface area contributed by atoms with Crippen LogP contribution in [0.15, 0.2) is 72.0 Å². The number of methoxy groups -OCH3 is 1. The molecule has 0 saturated carbocycles. The Bertz CT molecular complexity index is 1040. The third-order valence-electron chi connectivity index (χ3n) is 4.57. The number of carboxylic acids is 1. The molecule has 170 valence electrons. The molecule has 1 aliphatic rings. The second kappa shape index (κ2) is 9.75. The van der Waals surface area contributed by atoms with Crippen molar-refractivity contribution in [3.63, 3.8) is 0 Å². The van der Waals surface area contributed by atoms with Crippen LogP contribution in [0.1, 0.15) is 5.56 Å². The fourth-order valence-corrected chi connectivity index (χ4v) is 3.18. The molecule has 0 fully saturated rings. The van der Waals surface area contributed by atoms with E-state index in [0.29, 0.717) is 11.3 Å². The van der Waals surface area contributed by atoms with Gasteiger partial charge < -0.3 is 30.0 Å². The lowest BCUT2D eigenvalue weighted by Crippen LogP contribution is -2.46. The van der Waals surface area contributed by atoms with Gasteiger partial charge in [-0.05, 0) is 42.0 Å². The SMILES string of the molecule is COCC1=CC=C(C(=O)O)C(N)N1Cc1cccc(Oc2ccccc2OC(F)(F)F)c1. The maximum absolute atomic E-state index is 12.7. The quantitative estimate of drug-likeness (QED) is 0.627. The second-order valence-electron chi connectivity index (χ2n) is 6.83. The highest BCUT2D eigenvalue weighted by atomic mass is 19.4. The molecule has 7 nitrogen and oxygen atoms in total. The van der Waals surface area contributed by atoms with Crippen molar-refractivity contribution in [1.29, 1.82) is 0 Å². The smallest absolute Gasteiger partial charge is 0.478 e. The molecule has 0 saturated heterocycles. The number of carboxylic acid groups (broad SMARTS) is 1. The first-order valence-electron chi connectivity index (χ1n) is 9.44. The van der Waals surface area contributed by atoms with Crippen LogP contribution in [0.2, 0.25) is 0 Å². The van der Waals surface area contributed by atoms with Crippen LogP contribution in [0.25, 0.3) is 0 Å². The van der Waals surface area contributed by atoms with Crippen LogP contribution >= 0.6 is 0 Å². The number of hydrogen-bond donors (Lipinski definition) is 2. The third-order valence-corrected chi connectivity index (χ3v) is 4.57. The molecular formula is C22H21F3N2O5. The van der Waals surface area contributed by atoms with Crippen LogP contribution in [-0.2, 0) is 16.1 Å². The lowest BCUT2D eigenvalue weighted by Gasteiger charge is -2.35. The Morgan fingerprint density at radius 1 is 1.12 bits per heavy atom. The van der Waals surface area contributed by atoms with Crippen molar-refractivity contribution >= 4 is 5.97 Å². The van der Waals surface area contributed by atoms with Crippen molar-refractivity contribution in [2.75, 3.05) is 13.7 Å². The van der Waals surface area contributed by atoms with Gasteiger partial charge >= 0.3 is 12.3 Å². The number of rotatable bonds is 8. The summed E-state index contributed by atoms with van der Waals surface area (Å²) in [6, 6.07) is 12.1. The topological polar surface area (TPSA) is 94.2 Å². The fraction of sp³-hybridized carbons (Fsp3) is 0.227. The highest BCUT2D eigenvalue weighted by Gasteiger charge is 2.32. The monoisotopic (exact) mass is 450 g/mol. The van der Waals surface area contributed by atoms with Gasteiger partial charge in [0.05, 0.1) is 12.2 Å². The highest BCUT2D eigenvalue weighted by Crippen LogP contribution is 2.35. The molecule has 3 rings (SSSR count). The molecule has 1 unspecified atom stereocenters. The van der Waals surface area contributed by atoms with Crippen molar-refractivity contribution in [2.24, 2.45) is 5.73 Å². The normalized spacial score (nSPS) is 16.3. The van der Waals surface area contributed by atoms with Crippen molar-refractivity contribution in [1.82, 2.24) is 4.90 Å². The molecule has 0 aromatic heterocycles. The lowest BCUT2D eigenvalue weighted by atomic mass is 10.1. The number of nitrogens with zero attached hydrogens (tertiary/aromatic N) is 1. The molecule has 1 heterocycles. The summed E-state index contributed by atoms with van der Waals surface area (Å²) >= 11 is 0. The van der Waals surface area contributed by atoms with Gasteiger partial charge in [-0.2, -0.15) is 0 Å². The first-order valence-corrected chi connectivity index (χ1v) is 9.44. The van der Waals surface area contributed by atoms with E-state index >= 15 is 0 Å². The summed E-state index contributed by atoms with van der Waals surface area (Å²) in [5.41, 5.74) is 7.56. The van der Waals surface area contributed by atoms with Crippen molar-refractivity contribution in [3.8, 4) is 17.2 Å². The molecule has 32 heavy (non-hydrogen) atoms. The van der Waals surface area contributed by atoms with E-state index in [1.165, 1.54) is 31.4 Å². The number of para-hydroxylation sites is 2. The van der Waals surface area contributed by atoms with Gasteiger partial charge in [-0.15, -0.1) is 13.2 Å². The number of hydrogen-bond acceptors (Lipinski definition) is 6. The van der Waals surface area contributed by atoms with Crippen LogP contribution in [0.5, 0.6) is 17.2 Å². The molecular weight excluding hydrogens is 429 g/mol. The Morgan fingerprint density at radius 3 is 2.50 bits per heavy atom. The number of allylic oxidation sites excluding steroid dienone is 2. The second-order valence-corrected chi connectivity index (χ2v) is 6.83. The molecule has 1 atom stereocenters. The largest absolute Gasteiger partial charge is 0.573 e. The Hall–Kier alpha value is -3.50. The summed E-state index contributed by atoms with van der Waals surface area (Å²) in [7, 11) is 1.51. The van der Waals surface area contributed by atoms with E-state index < -0.39 is 24.2 Å². The number of ether oxygens (including phenoxy) is 3. The summed E-state index contributed by atoms with van der Waals surface area (Å²) in [5, 5.41) is 9.38. The summed E-state index contributed by atoms with van der Waals surface area (Å²) in [5.74, 6) is -1.43. The van der Waals surface area contributed by atoms with Crippen LogP contribution < -0.4 is 15.2 Å². The number of aliphatic carboxylic acids is 1. The molecule has 2 aromatic rings. The average molecular weight is 450 g/mol. The van der Waals surface area contributed by atoms with Crippen molar-refractivity contribution in [2.45, 2.75) is 19.1 Å². The molecule has 0 aliphatic carbocycles. The standard InChI is InChI=1S/C22H21F3N2O5/c1-30-13-15-9-10-17(21(28)29)20(26)27(15)12-14-5-4-6-16(11-14)31-18-7-2-3-8-19(18)32-22(23,24)25/h2-11,20H,12-13,26H2,1H3,(H,28,29). The van der Waals surface area contributed by atoms with Gasteiger partial charge in [-0.3, -0.25) is 0 Å². The van der Waals surface area contributed by atoms with Crippen LogP contribution in [-0.4, -0.2) is 42.2 Å². The predicted octanol–water partition coefficient (Wildman–Crippen LogP) is 4.02. The van der Waals surface area contributed by atoms with E-state index in [1.807, 2.05) is 0 Å². The molecule has 0 radical (unpaired) electrons. The van der Waals surface area contributed by atoms with Gasteiger partial charge in [-0.1, -0.05) is 24.3 Å². The van der Waals surface area contributed by atoms with E-state index in [-0.39, 0.29) is 30.2 Å². The molecule has 0 spiro atoms. The maximum Gasteiger partial charge on any atom is 0.573 e. The van der Waals surface area contributed by atoms with Gasteiger partial charge in [0.25, 0.3) is 0 Å². The van der Waals surface area contributed by atoms with E-state index in [1.54, 1.807) is 35.2 Å². The lowest BCUT2D eigenvalue weighted by molar-refractivity contribution is -0.275. The summed E-state index contributed by atoms with van der Waals surface area (Å²) in [6.07, 6.45) is -2.70. The van der Waals surface area contributed by atoms with Crippen LogP contribution in [0.4, 0.5) is 13.2 Å². The Labute approximate surface area is 182 Å². The first kappa shape index (κ1) is 23.2. The Morgan fingerprint density at radius 2 is 1.84 bits per heavy atom. The van der Waals surface area contributed by atoms with E-state index in [0.717, 1.165) is 6.07 Å². The molecule has 2 aromatic carbocycles. The summed E-state index contributed by atoms with van der Waals surface area (Å²) in [6.45, 7) is 0.439. The average Bonchev–Trinajstić information content (AvgIpc) is 2.71. The highest BCUT2D eigenvalue weighted by molar-refractivity contribution is 5.88. The number of halogens is 3. The zero-order chi connectivity index (χ0) is 23.3. The number of benzene rings is 2. The van der Waals surface area contributed by atoms with Crippen molar-refractivity contribution < 1.29 is 37.3 Å². The zero-order valence-corrected chi connectivity index (χ0v) is 17.0. The molecule has 3 N–H and O–H groups in total. The Kier molecular flexibility index (Phi) is 7.06. The minimum atomic E-state index is -4.86. The maximum atomic E-state index is 12.7. The minimum absolute atomic E-state index is 0.0236. The van der Waals surface area contributed by atoms with Gasteiger partial charge in [0.2, 0.25) is 0 Å². The van der Waals surface area contributed by atoms with E-state index in [4.69, 9.17) is 15.2 Å². The minimum Gasteiger partial charge on any atom is -0.478 e. The van der Waals surface area contributed by atoms with Crippen LogP contribution in [0.3, 0.4) is 0 Å². The number of alkyl halides is 3. The zero-order valence-electron chi connectivity index (χ0n) is 17.0. The van der Waals surface area contributed by atoms with E-state index in [9.17, 15) is 23.1 Å². The molecule has 10 heteroatoms. The summed E-state index contributed by atoms with van der Waals surface area (Å²) < 4.78 is 52.8. The number of nitrogens with two attached hydrogens (primary N) is 1. The summed E-state index contributed by atoms with van der Waals surface area (Å²) in [4.78, 5) is 13.1. The molecule has 0 amide bonds. The van der Waals surface area contributed by atoms with Gasteiger partial charge in [0, 0.05) is 19.4 Å². The van der Waals surface area contributed by atoms with E-state index in [2.05, 4.69) is 4.74 Å². The first-order chi connectivity index (χ1) is 15.2. The molecule has 1 aliphatic heterocycles. The predicted molar refractivity (Wildman–Crippen MR) is 109 cm³/mol. The Balaban J connectivity index is 1.82. The van der Waals surface area contributed by atoms with Crippen molar-refractivity contribution in [3.05, 3.63) is 77.5 Å².